The maximum atomic E-state index is 12.5. The summed E-state index contributed by atoms with van der Waals surface area (Å²) < 4.78 is 4.68. The molecule has 3 rings (SSSR count). The second-order valence-electron chi connectivity index (χ2n) is 6.31. The number of carbonyl (C=O) groups excluding carboxylic acids is 3. The number of rotatable bonds is 4. The molecule has 1 heterocycles. The quantitative estimate of drug-likeness (QED) is 0.859. The van der Waals surface area contributed by atoms with Crippen LogP contribution in [-0.2, 0) is 14.3 Å². The summed E-state index contributed by atoms with van der Waals surface area (Å²) in [5.74, 6) is -1.22. The van der Waals surface area contributed by atoms with Crippen LogP contribution in [0.15, 0.2) is 48.5 Å². The van der Waals surface area contributed by atoms with Gasteiger partial charge in [0.1, 0.15) is 0 Å². The largest absolute Gasteiger partial charge is 0.465 e. The zero-order valence-electron chi connectivity index (χ0n) is 14.7. The van der Waals surface area contributed by atoms with Crippen molar-refractivity contribution in [2.75, 3.05) is 23.9 Å². The van der Waals surface area contributed by atoms with Crippen molar-refractivity contribution in [3.8, 4) is 0 Å². The van der Waals surface area contributed by atoms with Crippen LogP contribution in [0, 0.1) is 12.8 Å². The molecule has 26 heavy (non-hydrogen) atoms. The lowest BCUT2D eigenvalue weighted by atomic mass is 10.1. The van der Waals surface area contributed by atoms with E-state index in [0.717, 1.165) is 11.3 Å². The minimum atomic E-state index is -0.470. The maximum absolute atomic E-state index is 12.5. The minimum absolute atomic E-state index is 0.0703. The van der Waals surface area contributed by atoms with Crippen molar-refractivity contribution in [3.63, 3.8) is 0 Å². The monoisotopic (exact) mass is 352 g/mol. The number of hydrogen-bond donors (Lipinski definition) is 1. The summed E-state index contributed by atoms with van der Waals surface area (Å²) in [6.07, 6.45) is 0.163. The average Bonchev–Trinajstić information content (AvgIpc) is 3.03. The van der Waals surface area contributed by atoms with Gasteiger partial charge in [0.15, 0.2) is 0 Å². The maximum Gasteiger partial charge on any atom is 0.337 e. The fraction of sp³-hybridized carbons (Fsp3) is 0.250. The molecule has 1 N–H and O–H groups in total. The van der Waals surface area contributed by atoms with Crippen LogP contribution in [0.1, 0.15) is 22.3 Å². The summed E-state index contributed by atoms with van der Waals surface area (Å²) in [6, 6.07) is 14.2. The summed E-state index contributed by atoms with van der Waals surface area (Å²) in [6.45, 7) is 2.30. The van der Waals surface area contributed by atoms with Gasteiger partial charge < -0.3 is 15.0 Å². The van der Waals surface area contributed by atoms with Crippen LogP contribution < -0.4 is 10.2 Å². The fourth-order valence-electron chi connectivity index (χ4n) is 3.01. The molecule has 1 saturated heterocycles. The van der Waals surface area contributed by atoms with Gasteiger partial charge in [0.25, 0.3) is 0 Å². The van der Waals surface area contributed by atoms with E-state index in [2.05, 4.69) is 10.1 Å². The lowest BCUT2D eigenvalue weighted by molar-refractivity contribution is -0.122. The zero-order chi connectivity index (χ0) is 18.7. The molecule has 1 aliphatic heterocycles. The Labute approximate surface area is 151 Å². The highest BCUT2D eigenvalue weighted by atomic mass is 16.5. The van der Waals surface area contributed by atoms with Crippen molar-refractivity contribution >= 4 is 29.2 Å². The van der Waals surface area contributed by atoms with Gasteiger partial charge in [-0.15, -0.1) is 0 Å². The van der Waals surface area contributed by atoms with Gasteiger partial charge in [0.2, 0.25) is 11.8 Å². The summed E-state index contributed by atoms with van der Waals surface area (Å²) >= 11 is 0. The van der Waals surface area contributed by atoms with Gasteiger partial charge in [-0.25, -0.2) is 4.79 Å². The molecule has 0 radical (unpaired) electrons. The van der Waals surface area contributed by atoms with Crippen molar-refractivity contribution in [2.24, 2.45) is 5.92 Å². The number of hydrogen-bond acceptors (Lipinski definition) is 4. The van der Waals surface area contributed by atoms with Gasteiger partial charge in [-0.2, -0.15) is 0 Å². The summed E-state index contributed by atoms with van der Waals surface area (Å²) in [7, 11) is 1.30. The Hall–Kier alpha value is -3.15. The summed E-state index contributed by atoms with van der Waals surface area (Å²) in [5, 5.41) is 2.78. The second-order valence-corrected chi connectivity index (χ2v) is 6.31. The van der Waals surface area contributed by atoms with Crippen LogP contribution in [0.25, 0.3) is 0 Å². The van der Waals surface area contributed by atoms with E-state index in [1.165, 1.54) is 7.11 Å². The van der Waals surface area contributed by atoms with Crippen LogP contribution in [0.2, 0.25) is 0 Å². The Morgan fingerprint density at radius 3 is 2.65 bits per heavy atom. The molecule has 2 aromatic carbocycles. The molecule has 1 atom stereocenters. The Morgan fingerprint density at radius 1 is 1.15 bits per heavy atom. The molecular weight excluding hydrogens is 332 g/mol. The highest BCUT2D eigenvalue weighted by molar-refractivity contribution is 6.04. The normalized spacial score (nSPS) is 16.5. The number of aryl methyl sites for hydroxylation is 1. The van der Waals surface area contributed by atoms with Crippen molar-refractivity contribution < 1.29 is 19.1 Å². The predicted molar refractivity (Wildman–Crippen MR) is 98.1 cm³/mol. The zero-order valence-corrected chi connectivity index (χ0v) is 14.7. The molecule has 2 amide bonds. The van der Waals surface area contributed by atoms with Crippen LogP contribution in [0.4, 0.5) is 11.4 Å². The first-order chi connectivity index (χ1) is 12.5. The van der Waals surface area contributed by atoms with Crippen molar-refractivity contribution in [2.45, 2.75) is 13.3 Å². The molecule has 2 aromatic rings. The van der Waals surface area contributed by atoms with E-state index in [4.69, 9.17) is 0 Å². The predicted octanol–water partition coefficient (Wildman–Crippen LogP) is 2.77. The molecule has 0 aromatic heterocycles. The molecule has 1 fully saturated rings. The number of carbonyl (C=O) groups is 3. The third kappa shape index (κ3) is 3.74. The van der Waals surface area contributed by atoms with E-state index in [1.54, 1.807) is 29.2 Å². The smallest absolute Gasteiger partial charge is 0.337 e. The number of ether oxygens (including phenoxy) is 1. The van der Waals surface area contributed by atoms with E-state index in [9.17, 15) is 14.4 Å². The number of nitrogens with one attached hydrogen (secondary N) is 1. The summed E-state index contributed by atoms with van der Waals surface area (Å²) in [4.78, 5) is 38.1. The number of amides is 2. The molecule has 0 bridgehead atoms. The number of anilines is 2. The Bertz CT molecular complexity index is 862. The Morgan fingerprint density at radius 2 is 1.92 bits per heavy atom. The topological polar surface area (TPSA) is 75.7 Å². The van der Waals surface area contributed by atoms with Crippen LogP contribution in [0.3, 0.4) is 0 Å². The Balaban J connectivity index is 1.70. The molecule has 0 saturated carbocycles. The van der Waals surface area contributed by atoms with Crippen molar-refractivity contribution in [3.05, 3.63) is 59.7 Å². The molecular formula is C20H20N2O4. The van der Waals surface area contributed by atoms with E-state index in [-0.39, 0.29) is 18.2 Å². The first-order valence-electron chi connectivity index (χ1n) is 8.34. The molecule has 0 aliphatic carbocycles. The molecule has 1 aliphatic rings. The summed E-state index contributed by atoms with van der Waals surface area (Å²) in [5.41, 5.74) is 2.72. The highest BCUT2D eigenvalue weighted by Gasteiger charge is 2.35. The van der Waals surface area contributed by atoms with Crippen molar-refractivity contribution in [1.29, 1.82) is 0 Å². The SMILES string of the molecule is COC(=O)c1cccc(NC(=O)C2CC(=O)N(c3cccc(C)c3)C2)c1. The lowest BCUT2D eigenvalue weighted by Gasteiger charge is -2.17. The minimum Gasteiger partial charge on any atom is -0.465 e. The Kier molecular flexibility index (Phi) is 5.02. The van der Waals surface area contributed by atoms with Gasteiger partial charge >= 0.3 is 5.97 Å². The number of esters is 1. The molecule has 0 spiro atoms. The molecule has 6 heteroatoms. The first kappa shape index (κ1) is 17.7. The standard InChI is InChI=1S/C20H20N2O4/c1-13-5-3-8-17(9-13)22-12-15(11-18(22)23)19(24)21-16-7-4-6-14(10-16)20(25)26-2/h3-10,15H,11-12H2,1-2H3,(H,21,24). The number of nitrogens with zero attached hydrogens (tertiary/aromatic N) is 1. The fourth-order valence-corrected chi connectivity index (χ4v) is 3.01. The number of benzene rings is 2. The van der Waals surface area contributed by atoms with Gasteiger partial charge in [0, 0.05) is 24.3 Å². The third-order valence-electron chi connectivity index (χ3n) is 4.36. The average molecular weight is 352 g/mol. The third-order valence-corrected chi connectivity index (χ3v) is 4.36. The number of methoxy groups -OCH3 is 1. The van der Waals surface area contributed by atoms with Crippen LogP contribution in [0.5, 0.6) is 0 Å². The lowest BCUT2D eigenvalue weighted by Crippen LogP contribution is -2.28. The highest BCUT2D eigenvalue weighted by Crippen LogP contribution is 2.26. The van der Waals surface area contributed by atoms with Gasteiger partial charge in [-0.05, 0) is 42.8 Å². The van der Waals surface area contributed by atoms with Gasteiger partial charge in [0.05, 0.1) is 18.6 Å². The van der Waals surface area contributed by atoms with Gasteiger partial charge in [-0.1, -0.05) is 18.2 Å². The van der Waals surface area contributed by atoms with E-state index in [1.807, 2.05) is 31.2 Å². The molecule has 1 unspecified atom stereocenters. The van der Waals surface area contributed by atoms with E-state index >= 15 is 0 Å². The van der Waals surface area contributed by atoms with Crippen molar-refractivity contribution in [1.82, 2.24) is 0 Å². The molecule has 134 valence electrons. The van der Waals surface area contributed by atoms with E-state index < -0.39 is 11.9 Å². The molecule has 6 nitrogen and oxygen atoms in total. The van der Waals surface area contributed by atoms with Gasteiger partial charge in [-0.3, -0.25) is 9.59 Å². The second kappa shape index (κ2) is 7.39. The van der Waals surface area contributed by atoms with Crippen LogP contribution >= 0.6 is 0 Å². The van der Waals surface area contributed by atoms with E-state index in [0.29, 0.717) is 17.8 Å². The van der Waals surface area contributed by atoms with Crippen LogP contribution in [-0.4, -0.2) is 31.4 Å². The first-order valence-corrected chi connectivity index (χ1v) is 8.34.